The zero-order valence-corrected chi connectivity index (χ0v) is 4.74. The van der Waals surface area contributed by atoms with E-state index >= 15 is 0 Å². The predicted molar refractivity (Wildman–Crippen MR) is 33.1 cm³/mol. The Kier molecular flexibility index (Phi) is 0.975. The van der Waals surface area contributed by atoms with Gasteiger partial charge >= 0.3 is 0 Å². The van der Waals surface area contributed by atoms with Crippen LogP contribution in [0.4, 0.5) is 0 Å². The molecule has 0 unspecified atom stereocenters. The maximum atomic E-state index is 4.98. The molecule has 0 saturated carbocycles. The van der Waals surface area contributed by atoms with Crippen molar-refractivity contribution >= 4 is 0 Å². The van der Waals surface area contributed by atoms with Gasteiger partial charge in [-0.3, -0.25) is 0 Å². The molecule has 0 spiro atoms. The molecule has 1 fully saturated rings. The van der Waals surface area contributed by atoms with Crippen LogP contribution in [-0.4, -0.2) is 0 Å². The van der Waals surface area contributed by atoms with Gasteiger partial charge in [-0.05, 0) is 5.57 Å². The lowest BCUT2D eigenvalue weighted by Gasteiger charge is -1.91. The summed E-state index contributed by atoms with van der Waals surface area (Å²) in [5.74, 6) is 1.41. The monoisotopic (exact) mass is 108 g/mol. The summed E-state index contributed by atoms with van der Waals surface area (Å²) >= 11 is 0. The molecule has 0 aliphatic carbocycles. The fourth-order valence-electron chi connectivity index (χ4n) is 0.619. The van der Waals surface area contributed by atoms with Crippen LogP contribution in [0.25, 0.3) is 0 Å². The maximum absolute atomic E-state index is 4.98. The van der Waals surface area contributed by atoms with E-state index in [-0.39, 0.29) is 0 Å². The molecule has 0 bridgehead atoms. The van der Waals surface area contributed by atoms with Crippen LogP contribution in [0.15, 0.2) is 36.8 Å². The van der Waals surface area contributed by atoms with Gasteiger partial charge < -0.3 is 4.74 Å². The quantitative estimate of drug-likeness (QED) is 0.461. The number of allylic oxidation sites excluding steroid dienone is 2. The molecule has 0 amide bonds. The molecule has 0 N–H and O–H groups in total. The van der Waals surface area contributed by atoms with Gasteiger partial charge in [-0.25, -0.2) is 0 Å². The van der Waals surface area contributed by atoms with Crippen molar-refractivity contribution in [2.45, 2.75) is 6.42 Å². The largest absolute Gasteiger partial charge is 0.462 e. The Balaban J connectivity index is 2.79. The van der Waals surface area contributed by atoms with E-state index in [1.54, 1.807) is 0 Å². The van der Waals surface area contributed by atoms with Crippen LogP contribution < -0.4 is 0 Å². The van der Waals surface area contributed by atoms with Gasteiger partial charge in [0.1, 0.15) is 11.5 Å². The van der Waals surface area contributed by atoms with Crippen LogP contribution in [-0.2, 0) is 4.74 Å². The average molecular weight is 108 g/mol. The molecular formula is C7H8O. The molecule has 1 saturated heterocycles. The van der Waals surface area contributed by atoms with E-state index in [9.17, 15) is 0 Å². The Morgan fingerprint density at radius 1 is 1.25 bits per heavy atom. The third kappa shape index (κ3) is 0.668. The van der Waals surface area contributed by atoms with Crippen molar-refractivity contribution in [1.82, 2.24) is 0 Å². The smallest absolute Gasteiger partial charge is 0.122 e. The summed E-state index contributed by atoms with van der Waals surface area (Å²) in [7, 11) is 0. The van der Waals surface area contributed by atoms with Gasteiger partial charge in [0.25, 0.3) is 0 Å². The lowest BCUT2D eigenvalue weighted by Crippen LogP contribution is -1.71. The molecule has 0 radical (unpaired) electrons. The molecule has 0 aromatic heterocycles. The maximum Gasteiger partial charge on any atom is 0.122 e. The van der Waals surface area contributed by atoms with Gasteiger partial charge in [0.05, 0.1) is 0 Å². The zero-order chi connectivity index (χ0) is 6.15. The molecule has 1 rings (SSSR count). The standard InChI is InChI=1S/C7H8O/c1-5-4-6(2)8-7(5)3/h1-4H2. The van der Waals surface area contributed by atoms with E-state index in [0.717, 1.165) is 17.8 Å². The summed E-state index contributed by atoms with van der Waals surface area (Å²) < 4.78 is 4.98. The molecule has 1 nitrogen and oxygen atoms in total. The summed E-state index contributed by atoms with van der Waals surface area (Å²) in [6.45, 7) is 10.9. The number of hydrogen-bond acceptors (Lipinski definition) is 1. The molecular weight excluding hydrogens is 100 g/mol. The highest BCUT2D eigenvalue weighted by molar-refractivity contribution is 5.30. The highest BCUT2D eigenvalue weighted by Crippen LogP contribution is 2.27. The van der Waals surface area contributed by atoms with Crippen molar-refractivity contribution in [2.24, 2.45) is 0 Å². The number of ether oxygens (including phenoxy) is 1. The van der Waals surface area contributed by atoms with E-state index < -0.39 is 0 Å². The molecule has 0 atom stereocenters. The Bertz CT molecular complexity index is 147. The molecule has 8 heavy (non-hydrogen) atoms. The van der Waals surface area contributed by atoms with Gasteiger partial charge in [-0.2, -0.15) is 0 Å². The normalized spacial score (nSPS) is 19.2. The fraction of sp³-hybridized carbons (Fsp3) is 0.143. The Morgan fingerprint density at radius 2 is 1.88 bits per heavy atom. The molecule has 1 aliphatic rings. The highest BCUT2D eigenvalue weighted by atomic mass is 16.5. The van der Waals surface area contributed by atoms with Gasteiger partial charge in [-0.1, -0.05) is 19.7 Å². The van der Waals surface area contributed by atoms with E-state index in [2.05, 4.69) is 19.7 Å². The number of rotatable bonds is 0. The van der Waals surface area contributed by atoms with Gasteiger partial charge in [-0.15, -0.1) is 0 Å². The SMILES string of the molecule is C=C1CC(=C)C(=C)O1. The van der Waals surface area contributed by atoms with Crippen molar-refractivity contribution in [3.63, 3.8) is 0 Å². The Morgan fingerprint density at radius 3 is 2.00 bits per heavy atom. The first-order chi connectivity index (χ1) is 3.70. The summed E-state index contributed by atoms with van der Waals surface area (Å²) in [6, 6.07) is 0. The van der Waals surface area contributed by atoms with E-state index in [1.807, 2.05) is 0 Å². The lowest BCUT2D eigenvalue weighted by atomic mass is 10.2. The Hall–Kier alpha value is -0.980. The summed E-state index contributed by atoms with van der Waals surface area (Å²) in [5, 5.41) is 0. The van der Waals surface area contributed by atoms with Crippen LogP contribution in [0.1, 0.15) is 6.42 Å². The summed E-state index contributed by atoms with van der Waals surface area (Å²) in [6.07, 6.45) is 0.749. The third-order valence-electron chi connectivity index (χ3n) is 1.07. The molecule has 0 aromatic carbocycles. The van der Waals surface area contributed by atoms with E-state index in [0.29, 0.717) is 5.76 Å². The topological polar surface area (TPSA) is 9.23 Å². The van der Waals surface area contributed by atoms with Gasteiger partial charge in [0.2, 0.25) is 0 Å². The second kappa shape index (κ2) is 1.51. The zero-order valence-electron chi connectivity index (χ0n) is 4.74. The fourth-order valence-corrected chi connectivity index (χ4v) is 0.619. The minimum atomic E-state index is 0.662. The third-order valence-corrected chi connectivity index (χ3v) is 1.07. The lowest BCUT2D eigenvalue weighted by molar-refractivity contribution is 0.349. The van der Waals surface area contributed by atoms with Gasteiger partial charge in [0.15, 0.2) is 0 Å². The Labute approximate surface area is 49.0 Å². The second-order valence-corrected chi connectivity index (χ2v) is 1.84. The van der Waals surface area contributed by atoms with E-state index in [1.165, 1.54) is 0 Å². The van der Waals surface area contributed by atoms with Crippen molar-refractivity contribution in [3.05, 3.63) is 36.8 Å². The van der Waals surface area contributed by atoms with Crippen molar-refractivity contribution in [1.29, 1.82) is 0 Å². The first-order valence-corrected chi connectivity index (χ1v) is 2.43. The highest BCUT2D eigenvalue weighted by Gasteiger charge is 2.13. The summed E-state index contributed by atoms with van der Waals surface area (Å²) in [4.78, 5) is 0. The molecule has 1 heteroatoms. The van der Waals surface area contributed by atoms with Gasteiger partial charge in [0, 0.05) is 6.42 Å². The summed E-state index contributed by atoms with van der Waals surface area (Å²) in [5.41, 5.74) is 0.940. The molecule has 0 aromatic rings. The number of hydrogen-bond donors (Lipinski definition) is 0. The van der Waals surface area contributed by atoms with E-state index in [4.69, 9.17) is 4.74 Å². The van der Waals surface area contributed by atoms with Crippen LogP contribution in [0.5, 0.6) is 0 Å². The minimum Gasteiger partial charge on any atom is -0.462 e. The molecule has 1 aliphatic heterocycles. The first-order valence-electron chi connectivity index (χ1n) is 2.43. The average Bonchev–Trinajstić information content (AvgIpc) is 1.85. The van der Waals surface area contributed by atoms with Crippen LogP contribution in [0.3, 0.4) is 0 Å². The second-order valence-electron chi connectivity index (χ2n) is 1.84. The van der Waals surface area contributed by atoms with Crippen molar-refractivity contribution in [2.75, 3.05) is 0 Å². The van der Waals surface area contributed by atoms with Crippen LogP contribution in [0, 0.1) is 0 Å². The molecule has 42 valence electrons. The van der Waals surface area contributed by atoms with Crippen molar-refractivity contribution < 1.29 is 4.74 Å². The molecule has 1 heterocycles. The van der Waals surface area contributed by atoms with Crippen LogP contribution >= 0.6 is 0 Å². The van der Waals surface area contributed by atoms with Crippen molar-refractivity contribution in [3.8, 4) is 0 Å². The minimum absolute atomic E-state index is 0.662. The predicted octanol–water partition coefficient (Wildman–Crippen LogP) is 1.99. The van der Waals surface area contributed by atoms with Crippen LogP contribution in [0.2, 0.25) is 0 Å². The first kappa shape index (κ1) is 5.16.